The minimum atomic E-state index is -0.477. The number of amidine groups is 1. The van der Waals surface area contributed by atoms with Crippen molar-refractivity contribution in [2.45, 2.75) is 84.4 Å². The Kier molecular flexibility index (Phi) is 7.68. The van der Waals surface area contributed by atoms with Crippen LogP contribution in [0, 0.1) is 0 Å². The van der Waals surface area contributed by atoms with Crippen LogP contribution in [0.2, 0.25) is 0 Å². The number of nitrogens with zero attached hydrogens (tertiary/aromatic N) is 3. The molecule has 3 heterocycles. The highest BCUT2D eigenvalue weighted by atomic mass is 16.6. The van der Waals surface area contributed by atoms with Crippen molar-refractivity contribution in [2.75, 3.05) is 33.3 Å². The molecule has 3 rings (SSSR count). The molecule has 3 aliphatic rings. The first-order valence-corrected chi connectivity index (χ1v) is 11.7. The Bertz CT molecular complexity index is 736. The first-order chi connectivity index (χ1) is 14.7. The van der Waals surface area contributed by atoms with E-state index in [0.29, 0.717) is 5.88 Å². The van der Waals surface area contributed by atoms with Gasteiger partial charge in [0.1, 0.15) is 11.4 Å². The molecule has 7 heteroatoms. The fourth-order valence-corrected chi connectivity index (χ4v) is 4.68. The molecule has 0 aliphatic carbocycles. The first kappa shape index (κ1) is 23.6. The van der Waals surface area contributed by atoms with E-state index >= 15 is 0 Å². The Morgan fingerprint density at radius 3 is 2.48 bits per heavy atom. The van der Waals surface area contributed by atoms with Crippen molar-refractivity contribution in [1.29, 1.82) is 0 Å². The summed E-state index contributed by atoms with van der Waals surface area (Å²) in [6.07, 6.45) is 6.86. The molecule has 1 amide bonds. The van der Waals surface area contributed by atoms with Crippen molar-refractivity contribution < 1.29 is 14.3 Å². The molecule has 2 unspecified atom stereocenters. The van der Waals surface area contributed by atoms with Gasteiger partial charge in [0.25, 0.3) is 0 Å². The normalized spacial score (nSPS) is 25.2. The topological polar surface area (TPSA) is 66.4 Å². The molecule has 0 aromatic heterocycles. The number of likely N-dealkylation sites (tertiary alicyclic amines) is 1. The van der Waals surface area contributed by atoms with Crippen LogP contribution >= 0.6 is 0 Å². The number of ether oxygens (including phenoxy) is 2. The summed E-state index contributed by atoms with van der Waals surface area (Å²) in [6, 6.07) is 0.319. The van der Waals surface area contributed by atoms with Crippen molar-refractivity contribution in [1.82, 2.24) is 15.1 Å². The Labute approximate surface area is 187 Å². The molecular formula is C24H40N4O3. The summed E-state index contributed by atoms with van der Waals surface area (Å²) >= 11 is 0. The first-order valence-electron chi connectivity index (χ1n) is 11.7. The van der Waals surface area contributed by atoms with Crippen molar-refractivity contribution in [3.8, 4) is 0 Å². The minimum Gasteiger partial charge on any atom is -0.481 e. The van der Waals surface area contributed by atoms with Gasteiger partial charge < -0.3 is 19.7 Å². The monoisotopic (exact) mass is 432 g/mol. The number of aliphatic imine (C=N–C) groups is 1. The number of methoxy groups -OCH3 is 1. The van der Waals surface area contributed by atoms with E-state index in [1.54, 1.807) is 7.11 Å². The van der Waals surface area contributed by atoms with Crippen LogP contribution < -0.4 is 5.32 Å². The number of fused-ring (bicyclic) bond motifs is 2. The molecule has 31 heavy (non-hydrogen) atoms. The average Bonchev–Trinajstić information content (AvgIpc) is 2.98. The van der Waals surface area contributed by atoms with Gasteiger partial charge >= 0.3 is 6.09 Å². The van der Waals surface area contributed by atoms with E-state index in [0.717, 1.165) is 64.1 Å². The number of rotatable bonds is 5. The fraction of sp³-hybridized carbons (Fsp3) is 0.750. The molecule has 2 bridgehead atoms. The fourth-order valence-electron chi connectivity index (χ4n) is 4.68. The van der Waals surface area contributed by atoms with Crippen molar-refractivity contribution in [2.24, 2.45) is 4.99 Å². The maximum Gasteiger partial charge on any atom is 0.410 e. The Balaban J connectivity index is 1.87. The number of carbonyl (C=O) groups excluding carboxylic acids is 1. The lowest BCUT2D eigenvalue weighted by Gasteiger charge is -2.43. The summed E-state index contributed by atoms with van der Waals surface area (Å²) in [6.45, 7) is 13.5. The molecule has 2 saturated heterocycles. The summed E-state index contributed by atoms with van der Waals surface area (Å²) in [5, 5.41) is 3.45. The van der Waals surface area contributed by atoms with Gasteiger partial charge in [-0.3, -0.25) is 4.90 Å². The van der Waals surface area contributed by atoms with Gasteiger partial charge in [0.2, 0.25) is 5.88 Å². The number of hydrogen-bond acceptors (Lipinski definition) is 5. The highest BCUT2D eigenvalue weighted by Crippen LogP contribution is 2.33. The van der Waals surface area contributed by atoms with Crippen LogP contribution in [0.3, 0.4) is 0 Å². The highest BCUT2D eigenvalue weighted by molar-refractivity contribution is 6.00. The third-order valence-electron chi connectivity index (χ3n) is 6.15. The summed E-state index contributed by atoms with van der Waals surface area (Å²) in [5.41, 5.74) is 2.16. The van der Waals surface area contributed by atoms with Gasteiger partial charge in [0.15, 0.2) is 0 Å². The summed E-state index contributed by atoms with van der Waals surface area (Å²) in [5.74, 6) is 1.70. The summed E-state index contributed by atoms with van der Waals surface area (Å²) < 4.78 is 11.3. The Morgan fingerprint density at radius 1 is 1.26 bits per heavy atom. The third kappa shape index (κ3) is 5.82. The number of unbranched alkanes of at least 4 members (excludes halogenated alkanes) is 1. The van der Waals surface area contributed by atoms with Gasteiger partial charge in [0.05, 0.1) is 19.2 Å². The van der Waals surface area contributed by atoms with Gasteiger partial charge in [-0.15, -0.1) is 0 Å². The molecule has 174 valence electrons. The van der Waals surface area contributed by atoms with Crippen molar-refractivity contribution in [3.63, 3.8) is 0 Å². The second kappa shape index (κ2) is 10.1. The number of hydrogen-bond donors (Lipinski definition) is 1. The van der Waals surface area contributed by atoms with E-state index in [4.69, 9.17) is 14.5 Å². The number of carbonyl (C=O) groups is 1. The number of nitrogens with one attached hydrogen (secondary N) is 1. The van der Waals surface area contributed by atoms with Crippen LogP contribution in [0.4, 0.5) is 4.79 Å². The predicted octanol–water partition coefficient (Wildman–Crippen LogP) is 4.07. The molecule has 0 aromatic carbocycles. The van der Waals surface area contributed by atoms with Gasteiger partial charge in [0, 0.05) is 19.6 Å². The van der Waals surface area contributed by atoms with E-state index in [1.165, 1.54) is 11.1 Å². The molecular weight excluding hydrogens is 392 g/mol. The second-order valence-corrected chi connectivity index (χ2v) is 9.83. The lowest BCUT2D eigenvalue weighted by Crippen LogP contribution is -2.58. The molecule has 1 N–H and O–H groups in total. The van der Waals surface area contributed by atoms with Gasteiger partial charge in [-0.2, -0.15) is 4.99 Å². The zero-order valence-electron chi connectivity index (χ0n) is 20.2. The smallest absolute Gasteiger partial charge is 0.410 e. The predicted molar refractivity (Wildman–Crippen MR) is 124 cm³/mol. The molecule has 2 atom stereocenters. The van der Waals surface area contributed by atoms with Crippen LogP contribution in [0.5, 0.6) is 0 Å². The van der Waals surface area contributed by atoms with E-state index in [9.17, 15) is 4.79 Å². The van der Waals surface area contributed by atoms with Gasteiger partial charge in [-0.25, -0.2) is 4.79 Å². The summed E-state index contributed by atoms with van der Waals surface area (Å²) in [4.78, 5) is 22.2. The van der Waals surface area contributed by atoms with E-state index < -0.39 is 5.60 Å². The minimum absolute atomic E-state index is 0.159. The van der Waals surface area contributed by atoms with E-state index in [2.05, 4.69) is 30.1 Å². The zero-order valence-corrected chi connectivity index (χ0v) is 20.2. The van der Waals surface area contributed by atoms with Crippen LogP contribution in [0.15, 0.2) is 28.1 Å². The number of amides is 1. The van der Waals surface area contributed by atoms with Gasteiger partial charge in [-0.05, 0) is 71.6 Å². The molecule has 3 aliphatic heterocycles. The van der Waals surface area contributed by atoms with Crippen LogP contribution in [-0.2, 0) is 9.47 Å². The standard InChI is InChI=1S/C24H40N4O3/c1-7-8-9-21(30-6)26-22(20-12-13-25-14-17(20)2)27-15-18-10-11-19(16-27)28(18)23(29)31-24(3,4)5/h9,18-19,25H,7-8,10-16H2,1-6H3/b21-9-,26-22+. The molecule has 0 saturated carbocycles. The molecule has 7 nitrogen and oxygen atoms in total. The zero-order chi connectivity index (χ0) is 22.6. The lowest BCUT2D eigenvalue weighted by atomic mass is 9.99. The maximum absolute atomic E-state index is 12.9. The highest BCUT2D eigenvalue weighted by Gasteiger charge is 2.45. The van der Waals surface area contributed by atoms with Crippen LogP contribution in [0.1, 0.15) is 66.7 Å². The quantitative estimate of drug-likeness (QED) is 0.403. The molecule has 0 aromatic rings. The summed E-state index contributed by atoms with van der Waals surface area (Å²) in [7, 11) is 1.69. The molecule has 2 fully saturated rings. The average molecular weight is 433 g/mol. The van der Waals surface area contributed by atoms with E-state index in [-0.39, 0.29) is 18.2 Å². The number of piperazine rings is 1. The molecule has 0 spiro atoms. The Morgan fingerprint density at radius 2 is 1.94 bits per heavy atom. The Hall–Kier alpha value is -2.02. The van der Waals surface area contributed by atoms with Crippen LogP contribution in [0.25, 0.3) is 0 Å². The third-order valence-corrected chi connectivity index (χ3v) is 6.15. The number of allylic oxidation sites excluding steroid dienone is 1. The SMILES string of the molecule is CCC/C=C(/N=C(\C1=C(C)CNCC1)N1CC2CCC(C1)N2C(=O)OC(C)(C)C)OC. The van der Waals surface area contributed by atoms with Crippen molar-refractivity contribution >= 4 is 11.9 Å². The molecule has 0 radical (unpaired) electrons. The largest absolute Gasteiger partial charge is 0.481 e. The van der Waals surface area contributed by atoms with E-state index in [1.807, 2.05) is 25.7 Å². The lowest BCUT2D eigenvalue weighted by molar-refractivity contribution is 0.00277. The van der Waals surface area contributed by atoms with Crippen molar-refractivity contribution in [3.05, 3.63) is 23.1 Å². The van der Waals surface area contributed by atoms with Crippen LogP contribution in [-0.4, -0.2) is 72.7 Å². The maximum atomic E-state index is 12.9. The second-order valence-electron chi connectivity index (χ2n) is 9.83. The van der Waals surface area contributed by atoms with Gasteiger partial charge in [-0.1, -0.05) is 18.9 Å².